The van der Waals surface area contributed by atoms with Gasteiger partial charge in [0.15, 0.2) is 0 Å². The average molecular weight is 261 g/mol. The van der Waals surface area contributed by atoms with Gasteiger partial charge < -0.3 is 14.7 Å². The van der Waals surface area contributed by atoms with Gasteiger partial charge >= 0.3 is 11.9 Å². The normalized spacial score (nSPS) is 17.5. The molecule has 100 valence electrons. The van der Waals surface area contributed by atoms with Crippen molar-refractivity contribution in [1.82, 2.24) is 0 Å². The fraction of sp³-hybridized carbons (Fsp3) is 0.286. The van der Waals surface area contributed by atoms with E-state index in [0.717, 1.165) is 11.3 Å². The monoisotopic (exact) mass is 261 g/mol. The molecule has 1 N–H and O–H groups in total. The SMILES string of the molecule is COC(=O)C1=CN(C)c2ccc(C)cc2C1C(=O)O. The van der Waals surface area contributed by atoms with Crippen molar-refractivity contribution >= 4 is 17.6 Å². The maximum Gasteiger partial charge on any atom is 0.336 e. The number of fused-ring (bicyclic) bond motifs is 1. The fourth-order valence-corrected chi connectivity index (χ4v) is 2.30. The van der Waals surface area contributed by atoms with Gasteiger partial charge in [-0.3, -0.25) is 4.79 Å². The number of carbonyl (C=O) groups excluding carboxylic acids is 1. The fourth-order valence-electron chi connectivity index (χ4n) is 2.30. The summed E-state index contributed by atoms with van der Waals surface area (Å²) in [5.41, 5.74) is 2.48. The van der Waals surface area contributed by atoms with Gasteiger partial charge in [-0.1, -0.05) is 17.7 Å². The number of aryl methyl sites for hydroxylation is 1. The molecule has 5 nitrogen and oxygen atoms in total. The lowest BCUT2D eigenvalue weighted by Gasteiger charge is -2.29. The van der Waals surface area contributed by atoms with Crippen molar-refractivity contribution in [3.05, 3.63) is 41.1 Å². The zero-order valence-electron chi connectivity index (χ0n) is 11.0. The van der Waals surface area contributed by atoms with Crippen LogP contribution in [0.4, 0.5) is 5.69 Å². The van der Waals surface area contributed by atoms with Crippen molar-refractivity contribution in [2.24, 2.45) is 0 Å². The number of hydrogen-bond acceptors (Lipinski definition) is 4. The Bertz CT molecular complexity index is 577. The van der Waals surface area contributed by atoms with Gasteiger partial charge in [0.25, 0.3) is 0 Å². The van der Waals surface area contributed by atoms with Gasteiger partial charge in [0.2, 0.25) is 0 Å². The summed E-state index contributed by atoms with van der Waals surface area (Å²) in [7, 11) is 3.02. The highest BCUT2D eigenvalue weighted by atomic mass is 16.5. The minimum atomic E-state index is -1.06. The molecule has 0 bridgehead atoms. The van der Waals surface area contributed by atoms with Crippen LogP contribution in [-0.4, -0.2) is 31.2 Å². The van der Waals surface area contributed by atoms with Crippen LogP contribution in [0.5, 0.6) is 0 Å². The maximum absolute atomic E-state index is 11.7. The smallest absolute Gasteiger partial charge is 0.336 e. The zero-order chi connectivity index (χ0) is 14.2. The van der Waals surface area contributed by atoms with Gasteiger partial charge in [0.1, 0.15) is 5.92 Å². The number of carbonyl (C=O) groups is 2. The lowest BCUT2D eigenvalue weighted by Crippen LogP contribution is -2.29. The van der Waals surface area contributed by atoms with Gasteiger partial charge in [0, 0.05) is 18.9 Å². The van der Waals surface area contributed by atoms with Gasteiger partial charge in [-0.15, -0.1) is 0 Å². The molecule has 0 fully saturated rings. The van der Waals surface area contributed by atoms with Crippen molar-refractivity contribution in [1.29, 1.82) is 0 Å². The predicted molar refractivity (Wildman–Crippen MR) is 70.1 cm³/mol. The van der Waals surface area contributed by atoms with Crippen molar-refractivity contribution in [2.75, 3.05) is 19.1 Å². The van der Waals surface area contributed by atoms with Crippen molar-refractivity contribution in [2.45, 2.75) is 12.8 Å². The van der Waals surface area contributed by atoms with E-state index in [4.69, 9.17) is 0 Å². The van der Waals surface area contributed by atoms with Crippen LogP contribution < -0.4 is 4.90 Å². The number of carboxylic acid groups (broad SMARTS) is 1. The van der Waals surface area contributed by atoms with Crippen molar-refractivity contribution in [3.63, 3.8) is 0 Å². The van der Waals surface area contributed by atoms with Gasteiger partial charge in [-0.25, -0.2) is 4.79 Å². The van der Waals surface area contributed by atoms with E-state index in [2.05, 4.69) is 4.74 Å². The Morgan fingerprint density at radius 3 is 2.63 bits per heavy atom. The number of anilines is 1. The second-order valence-electron chi connectivity index (χ2n) is 4.52. The molecule has 1 aromatic rings. The molecule has 0 saturated carbocycles. The lowest BCUT2D eigenvalue weighted by atomic mass is 9.86. The zero-order valence-corrected chi connectivity index (χ0v) is 11.0. The van der Waals surface area contributed by atoms with E-state index in [1.807, 2.05) is 19.1 Å². The molecular weight excluding hydrogens is 246 g/mol. The number of ether oxygens (including phenoxy) is 1. The minimum Gasteiger partial charge on any atom is -0.481 e. The standard InChI is InChI=1S/C14H15NO4/c1-8-4-5-11-9(6-8)12(13(16)17)10(7-15(11)2)14(18)19-3/h4-7,12H,1-3H3,(H,16,17). The first-order chi connectivity index (χ1) is 8.95. The number of carboxylic acids is 1. The van der Waals surface area contributed by atoms with Crippen molar-refractivity contribution < 1.29 is 19.4 Å². The molecule has 0 aliphatic carbocycles. The van der Waals surface area contributed by atoms with Crippen LogP contribution in [0.3, 0.4) is 0 Å². The van der Waals surface area contributed by atoms with Gasteiger partial charge in [-0.05, 0) is 18.6 Å². The second-order valence-corrected chi connectivity index (χ2v) is 4.52. The maximum atomic E-state index is 11.7. The minimum absolute atomic E-state index is 0.135. The summed E-state index contributed by atoms with van der Waals surface area (Å²) in [4.78, 5) is 25.0. The van der Waals surface area contributed by atoms with E-state index in [0.29, 0.717) is 5.56 Å². The molecule has 2 rings (SSSR count). The van der Waals surface area contributed by atoms with Crippen LogP contribution in [0.1, 0.15) is 17.0 Å². The summed E-state index contributed by atoms with van der Waals surface area (Å²) in [6.45, 7) is 1.88. The number of benzene rings is 1. The summed E-state index contributed by atoms with van der Waals surface area (Å²) in [5, 5.41) is 9.41. The van der Waals surface area contributed by atoms with Crippen LogP contribution in [0.15, 0.2) is 30.0 Å². The van der Waals surface area contributed by atoms with Gasteiger partial charge in [0.05, 0.1) is 12.7 Å². The van der Waals surface area contributed by atoms with Crippen LogP contribution in [0, 0.1) is 6.92 Å². The van der Waals surface area contributed by atoms with E-state index in [1.165, 1.54) is 13.3 Å². The molecule has 1 aliphatic heterocycles. The molecule has 0 aromatic heterocycles. The average Bonchev–Trinajstić information content (AvgIpc) is 2.36. The third kappa shape index (κ3) is 2.19. The highest BCUT2D eigenvalue weighted by Crippen LogP contribution is 2.38. The topological polar surface area (TPSA) is 66.8 Å². The Labute approximate surface area is 111 Å². The summed E-state index contributed by atoms with van der Waals surface area (Å²) in [6.07, 6.45) is 1.52. The number of aliphatic carboxylic acids is 1. The number of hydrogen-bond donors (Lipinski definition) is 1. The Morgan fingerprint density at radius 1 is 1.37 bits per heavy atom. The molecule has 1 atom stereocenters. The van der Waals surface area contributed by atoms with E-state index >= 15 is 0 Å². The van der Waals surface area contributed by atoms with E-state index in [1.54, 1.807) is 18.0 Å². The Balaban J connectivity index is 2.62. The molecule has 0 amide bonds. The first-order valence-corrected chi connectivity index (χ1v) is 5.82. The number of methoxy groups -OCH3 is 1. The Morgan fingerprint density at radius 2 is 2.05 bits per heavy atom. The molecule has 0 radical (unpaired) electrons. The molecule has 1 aliphatic rings. The van der Waals surface area contributed by atoms with Crippen LogP contribution in [0.2, 0.25) is 0 Å². The van der Waals surface area contributed by atoms with Gasteiger partial charge in [-0.2, -0.15) is 0 Å². The lowest BCUT2D eigenvalue weighted by molar-refractivity contribution is -0.142. The highest BCUT2D eigenvalue weighted by molar-refractivity contribution is 6.00. The largest absolute Gasteiger partial charge is 0.481 e. The van der Waals surface area contributed by atoms with E-state index in [9.17, 15) is 14.7 Å². The molecule has 5 heteroatoms. The predicted octanol–water partition coefficient (Wildman–Crippen LogP) is 1.67. The van der Waals surface area contributed by atoms with E-state index < -0.39 is 17.9 Å². The molecule has 1 heterocycles. The first-order valence-electron chi connectivity index (χ1n) is 5.82. The van der Waals surface area contributed by atoms with Crippen molar-refractivity contribution in [3.8, 4) is 0 Å². The number of nitrogens with zero attached hydrogens (tertiary/aromatic N) is 1. The number of rotatable bonds is 2. The Hall–Kier alpha value is -2.30. The summed E-state index contributed by atoms with van der Waals surface area (Å²) >= 11 is 0. The Kier molecular flexibility index (Phi) is 3.29. The molecule has 0 spiro atoms. The summed E-state index contributed by atoms with van der Waals surface area (Å²) < 4.78 is 4.67. The number of esters is 1. The highest BCUT2D eigenvalue weighted by Gasteiger charge is 2.35. The third-order valence-electron chi connectivity index (χ3n) is 3.19. The molecule has 0 saturated heterocycles. The quantitative estimate of drug-likeness (QED) is 0.820. The van der Waals surface area contributed by atoms with Crippen LogP contribution >= 0.6 is 0 Å². The van der Waals surface area contributed by atoms with Crippen LogP contribution in [0.25, 0.3) is 0 Å². The second kappa shape index (κ2) is 4.76. The molecule has 19 heavy (non-hydrogen) atoms. The summed E-state index contributed by atoms with van der Waals surface area (Å²) in [5.74, 6) is -2.67. The molecule has 1 aromatic carbocycles. The summed E-state index contributed by atoms with van der Waals surface area (Å²) in [6, 6.07) is 5.55. The molecule has 1 unspecified atom stereocenters. The van der Waals surface area contributed by atoms with E-state index in [-0.39, 0.29) is 5.57 Å². The molecular formula is C14H15NO4. The van der Waals surface area contributed by atoms with Crippen LogP contribution in [-0.2, 0) is 14.3 Å². The first kappa shape index (κ1) is 13.1. The third-order valence-corrected chi connectivity index (χ3v) is 3.19.